The molecule has 1 saturated carbocycles. The number of Topliss-reactive ketones (excluding diaryl/α,β-unsaturated/α-hetero) is 1. The van der Waals surface area contributed by atoms with Gasteiger partial charge in [-0.25, -0.2) is 0 Å². The van der Waals surface area contributed by atoms with E-state index in [1.165, 1.54) is 0 Å². The van der Waals surface area contributed by atoms with Crippen LogP contribution in [0.15, 0.2) is 0 Å². The average Bonchev–Trinajstić information content (AvgIpc) is 3.23. The van der Waals surface area contributed by atoms with E-state index in [0.717, 1.165) is 19.4 Å². The maximum atomic E-state index is 12.5. The second-order valence-corrected chi connectivity index (χ2v) is 7.38. The van der Waals surface area contributed by atoms with Crippen molar-refractivity contribution in [3.8, 4) is 0 Å². The van der Waals surface area contributed by atoms with Gasteiger partial charge >= 0.3 is 0 Å². The van der Waals surface area contributed by atoms with Gasteiger partial charge in [0.25, 0.3) is 0 Å². The van der Waals surface area contributed by atoms with Crippen LogP contribution in [-0.4, -0.2) is 48.7 Å². The van der Waals surface area contributed by atoms with Crippen LogP contribution < -0.4 is 21.7 Å². The molecule has 1 aliphatic heterocycles. The summed E-state index contributed by atoms with van der Waals surface area (Å²) >= 11 is 0. The smallest absolute Gasteiger partial charge is 0.249 e. The average molecular weight is 366 g/mol. The third-order valence-electron chi connectivity index (χ3n) is 5.22. The van der Waals surface area contributed by atoms with Crippen molar-refractivity contribution in [3.63, 3.8) is 0 Å². The minimum Gasteiger partial charge on any atom is -0.344 e. The third-order valence-corrected chi connectivity index (χ3v) is 5.22. The Kier molecular flexibility index (Phi) is 7.71. The van der Waals surface area contributed by atoms with E-state index >= 15 is 0 Å². The van der Waals surface area contributed by atoms with E-state index in [0.29, 0.717) is 32.2 Å². The molecule has 2 fully saturated rings. The monoisotopic (exact) mass is 366 g/mol. The molecule has 146 valence electrons. The summed E-state index contributed by atoms with van der Waals surface area (Å²) in [5.74, 6) is -1.49. The van der Waals surface area contributed by atoms with E-state index < -0.39 is 17.9 Å². The van der Waals surface area contributed by atoms with Crippen LogP contribution in [0.5, 0.6) is 0 Å². The molecule has 8 nitrogen and oxygen atoms in total. The highest BCUT2D eigenvalue weighted by atomic mass is 16.2. The van der Waals surface area contributed by atoms with Crippen LogP contribution in [0.2, 0.25) is 0 Å². The van der Waals surface area contributed by atoms with Crippen LogP contribution in [0.25, 0.3) is 0 Å². The predicted octanol–water partition coefficient (Wildman–Crippen LogP) is -0.390. The number of nitrogens with two attached hydrogens (primary N) is 1. The van der Waals surface area contributed by atoms with Crippen LogP contribution >= 0.6 is 0 Å². The lowest BCUT2D eigenvalue weighted by atomic mass is 9.96. The van der Waals surface area contributed by atoms with Crippen molar-refractivity contribution in [1.82, 2.24) is 16.0 Å². The number of hydrogen-bond donors (Lipinski definition) is 4. The van der Waals surface area contributed by atoms with Crippen LogP contribution in [-0.2, 0) is 19.2 Å². The molecule has 1 saturated heterocycles. The zero-order chi connectivity index (χ0) is 19.1. The molecule has 2 rings (SSSR count). The predicted molar refractivity (Wildman–Crippen MR) is 95.9 cm³/mol. The number of imide groups is 1. The van der Waals surface area contributed by atoms with E-state index in [1.807, 2.05) is 6.92 Å². The molecule has 2 aliphatic rings. The number of rotatable bonds is 8. The number of unbranched alkanes of at least 4 members (excludes halogenated alkanes) is 1. The zero-order valence-electron chi connectivity index (χ0n) is 15.4. The van der Waals surface area contributed by atoms with Gasteiger partial charge in [-0.05, 0) is 51.1 Å². The van der Waals surface area contributed by atoms with E-state index in [1.54, 1.807) is 0 Å². The Morgan fingerprint density at radius 3 is 2.58 bits per heavy atom. The second-order valence-electron chi connectivity index (χ2n) is 7.38. The van der Waals surface area contributed by atoms with E-state index in [-0.39, 0.29) is 36.0 Å². The normalized spacial score (nSPS) is 26.5. The lowest BCUT2D eigenvalue weighted by Crippen LogP contribution is -2.53. The van der Waals surface area contributed by atoms with Crippen LogP contribution in [0.4, 0.5) is 0 Å². The quantitative estimate of drug-likeness (QED) is 0.433. The van der Waals surface area contributed by atoms with E-state index in [9.17, 15) is 19.2 Å². The Morgan fingerprint density at radius 2 is 2.00 bits per heavy atom. The molecule has 0 aromatic heterocycles. The fraction of sp³-hybridized carbons (Fsp3) is 0.778. The van der Waals surface area contributed by atoms with E-state index in [4.69, 9.17) is 5.73 Å². The third kappa shape index (κ3) is 5.60. The van der Waals surface area contributed by atoms with Gasteiger partial charge in [-0.1, -0.05) is 6.92 Å². The summed E-state index contributed by atoms with van der Waals surface area (Å²) in [4.78, 5) is 48.8. The Bertz CT molecular complexity index is 545. The number of amides is 3. The first kappa shape index (κ1) is 20.5. The van der Waals surface area contributed by atoms with Gasteiger partial charge < -0.3 is 16.4 Å². The molecule has 1 heterocycles. The fourth-order valence-electron chi connectivity index (χ4n) is 3.63. The summed E-state index contributed by atoms with van der Waals surface area (Å²) in [5, 5.41) is 8.20. The van der Waals surface area contributed by atoms with E-state index in [2.05, 4.69) is 16.0 Å². The minimum absolute atomic E-state index is 0.0282. The minimum atomic E-state index is -0.790. The van der Waals surface area contributed by atoms with Gasteiger partial charge in [-0.2, -0.15) is 0 Å². The Hall–Kier alpha value is -1.80. The molecule has 26 heavy (non-hydrogen) atoms. The topological polar surface area (TPSA) is 130 Å². The molecule has 8 heteroatoms. The lowest BCUT2D eigenvalue weighted by molar-refractivity contribution is -0.136. The molecule has 4 atom stereocenters. The summed E-state index contributed by atoms with van der Waals surface area (Å²) < 4.78 is 0. The van der Waals surface area contributed by atoms with Gasteiger partial charge in [-0.15, -0.1) is 0 Å². The molecule has 0 spiro atoms. The zero-order valence-corrected chi connectivity index (χ0v) is 15.4. The van der Waals surface area contributed by atoms with Crippen LogP contribution in [0.3, 0.4) is 0 Å². The molecule has 0 aromatic rings. The van der Waals surface area contributed by atoms with Gasteiger partial charge in [-0.3, -0.25) is 24.5 Å². The molecular formula is C18H30N4O4. The van der Waals surface area contributed by atoms with Gasteiger partial charge in [0.05, 0.1) is 6.04 Å². The summed E-state index contributed by atoms with van der Waals surface area (Å²) in [6.07, 6.45) is 4.03. The molecule has 1 aliphatic carbocycles. The maximum Gasteiger partial charge on any atom is 0.249 e. The van der Waals surface area contributed by atoms with Crippen molar-refractivity contribution < 1.29 is 19.2 Å². The Labute approximate surface area is 154 Å². The highest BCUT2D eigenvalue weighted by Crippen LogP contribution is 2.28. The SMILES string of the molecule is C[C@@H]1CC(=O)C[C@@H]1C(=O)N[C@@H](CCCCN)C(=O)NC(=O)[C@@H]1CCCN1. The van der Waals surface area contributed by atoms with Crippen LogP contribution in [0, 0.1) is 11.8 Å². The molecule has 0 bridgehead atoms. The highest BCUT2D eigenvalue weighted by molar-refractivity contribution is 6.01. The number of ketones is 1. The van der Waals surface area contributed by atoms with Crippen molar-refractivity contribution in [2.24, 2.45) is 17.6 Å². The summed E-state index contributed by atoms with van der Waals surface area (Å²) in [7, 11) is 0. The van der Waals surface area contributed by atoms with Gasteiger partial charge in [0.1, 0.15) is 11.8 Å². The Balaban J connectivity index is 1.94. The summed E-state index contributed by atoms with van der Waals surface area (Å²) in [6, 6.07) is -1.14. The van der Waals surface area contributed by atoms with Crippen molar-refractivity contribution >= 4 is 23.5 Å². The maximum absolute atomic E-state index is 12.5. The Morgan fingerprint density at radius 1 is 1.23 bits per heavy atom. The molecule has 0 aromatic carbocycles. The van der Waals surface area contributed by atoms with Crippen molar-refractivity contribution in [2.75, 3.05) is 13.1 Å². The molecule has 3 amide bonds. The highest BCUT2D eigenvalue weighted by Gasteiger charge is 2.36. The standard InChI is InChI=1S/C18H30N4O4/c1-11-9-12(23)10-13(11)16(24)21-15(5-2-3-7-19)18(26)22-17(25)14-6-4-8-20-14/h11,13-15,20H,2-10,19H2,1H3,(H,21,24)(H,22,25,26)/t11-,13+,14+,15+/m1/s1. The largest absolute Gasteiger partial charge is 0.344 e. The summed E-state index contributed by atoms with van der Waals surface area (Å²) in [5.41, 5.74) is 5.50. The van der Waals surface area contributed by atoms with Gasteiger partial charge in [0.2, 0.25) is 17.7 Å². The first-order valence-electron chi connectivity index (χ1n) is 9.52. The molecule has 5 N–H and O–H groups in total. The number of nitrogens with one attached hydrogen (secondary N) is 3. The summed E-state index contributed by atoms with van der Waals surface area (Å²) in [6.45, 7) is 3.13. The molecule has 0 unspecified atom stereocenters. The first-order valence-corrected chi connectivity index (χ1v) is 9.52. The number of carbonyl (C=O) groups is 4. The van der Waals surface area contributed by atoms with Crippen LogP contribution in [0.1, 0.15) is 51.9 Å². The molecule has 0 radical (unpaired) electrons. The molecular weight excluding hydrogens is 336 g/mol. The van der Waals surface area contributed by atoms with Crippen molar-refractivity contribution in [2.45, 2.75) is 64.0 Å². The second kappa shape index (κ2) is 9.78. The first-order chi connectivity index (χ1) is 12.4. The lowest BCUT2D eigenvalue weighted by Gasteiger charge is -2.22. The van der Waals surface area contributed by atoms with Crippen molar-refractivity contribution in [3.05, 3.63) is 0 Å². The van der Waals surface area contributed by atoms with Gasteiger partial charge in [0, 0.05) is 18.8 Å². The van der Waals surface area contributed by atoms with Gasteiger partial charge in [0.15, 0.2) is 0 Å². The number of carbonyl (C=O) groups excluding carboxylic acids is 4. The fourth-order valence-corrected chi connectivity index (χ4v) is 3.63. The van der Waals surface area contributed by atoms with Crippen molar-refractivity contribution in [1.29, 1.82) is 0 Å². The number of hydrogen-bond acceptors (Lipinski definition) is 6.